The van der Waals surface area contributed by atoms with Gasteiger partial charge in [-0.3, -0.25) is 0 Å². The Labute approximate surface area is 108 Å². The molecule has 1 nitrogen and oxygen atoms in total. The Morgan fingerprint density at radius 3 is 2.53 bits per heavy atom. The summed E-state index contributed by atoms with van der Waals surface area (Å²) >= 11 is 5.94. The van der Waals surface area contributed by atoms with Gasteiger partial charge in [0.1, 0.15) is 0 Å². The zero-order valence-electron chi connectivity index (χ0n) is 10.2. The SMILES string of the molecule is ClCCC1(c2ccc3c(c2)CCCC3)COC1. The molecular formula is C15H19ClO. The van der Waals surface area contributed by atoms with Gasteiger partial charge in [-0.2, -0.15) is 0 Å². The first kappa shape index (κ1) is 11.6. The van der Waals surface area contributed by atoms with Crippen molar-refractivity contribution < 1.29 is 4.74 Å². The Balaban J connectivity index is 1.92. The van der Waals surface area contributed by atoms with Gasteiger partial charge < -0.3 is 4.74 Å². The van der Waals surface area contributed by atoms with Crippen molar-refractivity contribution in [1.29, 1.82) is 0 Å². The van der Waals surface area contributed by atoms with E-state index >= 15 is 0 Å². The van der Waals surface area contributed by atoms with Crippen molar-refractivity contribution in [1.82, 2.24) is 0 Å². The third kappa shape index (κ3) is 2.00. The minimum Gasteiger partial charge on any atom is -0.379 e. The van der Waals surface area contributed by atoms with Crippen molar-refractivity contribution in [2.24, 2.45) is 0 Å². The molecule has 0 radical (unpaired) electrons. The van der Waals surface area contributed by atoms with Gasteiger partial charge in [0.15, 0.2) is 0 Å². The van der Waals surface area contributed by atoms with Crippen LogP contribution in [0.4, 0.5) is 0 Å². The van der Waals surface area contributed by atoms with Crippen molar-refractivity contribution in [2.45, 2.75) is 37.5 Å². The lowest BCUT2D eigenvalue weighted by atomic mass is 9.74. The number of aryl methyl sites for hydroxylation is 2. The minimum atomic E-state index is 0.216. The van der Waals surface area contributed by atoms with Crippen LogP contribution in [0.3, 0.4) is 0 Å². The Morgan fingerprint density at radius 1 is 1.12 bits per heavy atom. The summed E-state index contributed by atoms with van der Waals surface area (Å²) < 4.78 is 5.43. The number of alkyl halides is 1. The first-order valence-corrected chi connectivity index (χ1v) is 7.13. The predicted molar refractivity (Wildman–Crippen MR) is 70.9 cm³/mol. The molecule has 2 heteroatoms. The smallest absolute Gasteiger partial charge is 0.0586 e. The fraction of sp³-hybridized carbons (Fsp3) is 0.600. The number of benzene rings is 1. The lowest BCUT2D eigenvalue weighted by Crippen LogP contribution is -2.47. The van der Waals surface area contributed by atoms with Gasteiger partial charge in [-0.05, 0) is 48.8 Å². The average Bonchev–Trinajstić information content (AvgIpc) is 2.33. The molecule has 1 aromatic carbocycles. The van der Waals surface area contributed by atoms with E-state index < -0.39 is 0 Å². The fourth-order valence-corrected chi connectivity index (χ4v) is 3.41. The molecule has 1 fully saturated rings. The largest absolute Gasteiger partial charge is 0.379 e. The van der Waals surface area contributed by atoms with E-state index in [1.54, 1.807) is 11.1 Å². The average molecular weight is 251 g/mol. The normalized spacial score (nSPS) is 21.7. The molecule has 0 amide bonds. The highest BCUT2D eigenvalue weighted by molar-refractivity contribution is 6.17. The van der Waals surface area contributed by atoms with E-state index in [1.807, 2.05) is 0 Å². The number of fused-ring (bicyclic) bond motifs is 1. The minimum absolute atomic E-state index is 0.216. The molecule has 2 aliphatic rings. The van der Waals surface area contributed by atoms with Gasteiger partial charge in [0.2, 0.25) is 0 Å². The number of ether oxygens (including phenoxy) is 1. The summed E-state index contributed by atoms with van der Waals surface area (Å²) in [5.74, 6) is 0.723. The van der Waals surface area contributed by atoms with E-state index in [0.29, 0.717) is 0 Å². The second-order valence-corrected chi connectivity index (χ2v) is 5.78. The van der Waals surface area contributed by atoms with Crippen LogP contribution < -0.4 is 0 Å². The third-order valence-corrected chi connectivity index (χ3v) is 4.48. The highest BCUT2D eigenvalue weighted by Gasteiger charge is 2.39. The van der Waals surface area contributed by atoms with Crippen LogP contribution in [0.2, 0.25) is 0 Å². The van der Waals surface area contributed by atoms with Crippen LogP contribution in [-0.2, 0) is 23.0 Å². The van der Waals surface area contributed by atoms with Crippen LogP contribution >= 0.6 is 11.6 Å². The van der Waals surface area contributed by atoms with Crippen LogP contribution in [0.5, 0.6) is 0 Å². The van der Waals surface area contributed by atoms with Crippen molar-refractivity contribution in [2.75, 3.05) is 19.1 Å². The maximum Gasteiger partial charge on any atom is 0.0586 e. The Bertz CT molecular complexity index is 409. The summed E-state index contributed by atoms with van der Waals surface area (Å²) in [6.07, 6.45) is 6.24. The van der Waals surface area contributed by atoms with Gasteiger partial charge in [-0.25, -0.2) is 0 Å². The topological polar surface area (TPSA) is 9.23 Å². The van der Waals surface area contributed by atoms with Crippen molar-refractivity contribution in [3.63, 3.8) is 0 Å². The Kier molecular flexibility index (Phi) is 3.14. The third-order valence-electron chi connectivity index (χ3n) is 4.29. The first-order chi connectivity index (χ1) is 8.34. The van der Waals surface area contributed by atoms with Crippen molar-refractivity contribution >= 4 is 11.6 Å². The maximum absolute atomic E-state index is 5.94. The highest BCUT2D eigenvalue weighted by atomic mass is 35.5. The Hall–Kier alpha value is -0.530. The van der Waals surface area contributed by atoms with Crippen LogP contribution in [0.1, 0.15) is 36.0 Å². The van der Waals surface area contributed by atoms with Gasteiger partial charge in [0.05, 0.1) is 13.2 Å². The lowest BCUT2D eigenvalue weighted by molar-refractivity contribution is -0.0616. The Morgan fingerprint density at radius 2 is 1.88 bits per heavy atom. The van der Waals surface area contributed by atoms with Crippen LogP contribution in [0.15, 0.2) is 18.2 Å². The molecular weight excluding hydrogens is 232 g/mol. The molecule has 1 aromatic rings. The molecule has 0 atom stereocenters. The van der Waals surface area contributed by atoms with Gasteiger partial charge in [-0.1, -0.05) is 18.2 Å². The number of hydrogen-bond donors (Lipinski definition) is 0. The van der Waals surface area contributed by atoms with Gasteiger partial charge in [0.25, 0.3) is 0 Å². The lowest BCUT2D eigenvalue weighted by Gasteiger charge is -2.42. The van der Waals surface area contributed by atoms with Crippen LogP contribution in [0, 0.1) is 0 Å². The van der Waals surface area contributed by atoms with E-state index in [0.717, 1.165) is 25.5 Å². The summed E-state index contributed by atoms with van der Waals surface area (Å²) in [6.45, 7) is 1.69. The van der Waals surface area contributed by atoms with E-state index in [9.17, 15) is 0 Å². The summed E-state index contributed by atoms with van der Waals surface area (Å²) in [4.78, 5) is 0. The van der Waals surface area contributed by atoms with E-state index in [2.05, 4.69) is 18.2 Å². The molecule has 92 valence electrons. The second kappa shape index (κ2) is 4.62. The summed E-state index contributed by atoms with van der Waals surface area (Å²) in [7, 11) is 0. The monoisotopic (exact) mass is 250 g/mol. The van der Waals surface area contributed by atoms with Crippen molar-refractivity contribution in [3.8, 4) is 0 Å². The summed E-state index contributed by atoms with van der Waals surface area (Å²) in [6, 6.07) is 7.06. The molecule has 0 N–H and O–H groups in total. The van der Waals surface area contributed by atoms with Crippen LogP contribution in [-0.4, -0.2) is 19.1 Å². The predicted octanol–water partition coefficient (Wildman–Crippen LogP) is 3.46. The molecule has 1 heterocycles. The maximum atomic E-state index is 5.94. The number of hydrogen-bond acceptors (Lipinski definition) is 1. The number of halogens is 1. The van der Waals surface area contributed by atoms with Crippen LogP contribution in [0.25, 0.3) is 0 Å². The quantitative estimate of drug-likeness (QED) is 0.747. The molecule has 1 aliphatic carbocycles. The van der Waals surface area contributed by atoms with E-state index in [4.69, 9.17) is 16.3 Å². The molecule has 0 bridgehead atoms. The fourth-order valence-electron chi connectivity index (χ4n) is 3.05. The number of rotatable bonds is 3. The van der Waals surface area contributed by atoms with Gasteiger partial charge in [0, 0.05) is 11.3 Å². The second-order valence-electron chi connectivity index (χ2n) is 5.40. The first-order valence-electron chi connectivity index (χ1n) is 6.60. The van der Waals surface area contributed by atoms with Gasteiger partial charge in [-0.15, -0.1) is 11.6 Å². The molecule has 1 aliphatic heterocycles. The molecule has 1 saturated heterocycles. The zero-order chi connectivity index (χ0) is 11.7. The molecule has 0 unspecified atom stereocenters. The van der Waals surface area contributed by atoms with Gasteiger partial charge >= 0.3 is 0 Å². The molecule has 0 aromatic heterocycles. The molecule has 17 heavy (non-hydrogen) atoms. The zero-order valence-corrected chi connectivity index (χ0v) is 10.9. The highest BCUT2D eigenvalue weighted by Crippen LogP contribution is 2.37. The van der Waals surface area contributed by atoms with E-state index in [-0.39, 0.29) is 5.41 Å². The standard InChI is InChI=1S/C15H19ClO/c16-8-7-15(10-17-11-15)14-6-5-12-3-1-2-4-13(12)9-14/h5-6,9H,1-4,7-8,10-11H2. The van der Waals surface area contributed by atoms with E-state index in [1.165, 1.54) is 31.2 Å². The molecule has 0 spiro atoms. The molecule has 0 saturated carbocycles. The summed E-state index contributed by atoms with van der Waals surface area (Å²) in [5.41, 5.74) is 4.79. The molecule has 3 rings (SSSR count). The van der Waals surface area contributed by atoms with Crippen molar-refractivity contribution in [3.05, 3.63) is 34.9 Å². The summed E-state index contributed by atoms with van der Waals surface area (Å²) in [5, 5.41) is 0.